The van der Waals surface area contributed by atoms with Gasteiger partial charge in [0.25, 0.3) is 11.5 Å². The van der Waals surface area contributed by atoms with Gasteiger partial charge in [-0.05, 0) is 42.8 Å². The summed E-state index contributed by atoms with van der Waals surface area (Å²) in [7, 11) is -1.69. The number of hydrogen-bond acceptors (Lipinski definition) is 7. The third-order valence-corrected chi connectivity index (χ3v) is 7.55. The molecule has 1 heterocycles. The molecule has 11 nitrogen and oxygen atoms in total. The molecule has 186 valence electrons. The van der Waals surface area contributed by atoms with Gasteiger partial charge in [-0.15, -0.1) is 0 Å². The van der Waals surface area contributed by atoms with E-state index >= 15 is 0 Å². The number of sulfonamides is 1. The largest absolute Gasteiger partial charge is 0.457 e. The molecule has 0 fully saturated rings. The van der Waals surface area contributed by atoms with E-state index in [9.17, 15) is 22.8 Å². The normalized spacial score (nSPS) is 12.4. The van der Waals surface area contributed by atoms with Gasteiger partial charge in [-0.25, -0.2) is 18.7 Å². The van der Waals surface area contributed by atoms with E-state index in [1.54, 1.807) is 24.3 Å². The van der Waals surface area contributed by atoms with Crippen LogP contribution < -0.4 is 21.5 Å². The van der Waals surface area contributed by atoms with E-state index in [0.29, 0.717) is 11.5 Å². The Morgan fingerprint density at radius 2 is 1.71 bits per heavy atom. The molecule has 0 aliphatic heterocycles. The van der Waals surface area contributed by atoms with Crippen LogP contribution in [-0.4, -0.2) is 46.1 Å². The lowest BCUT2D eigenvalue weighted by atomic mass is 10.2. The van der Waals surface area contributed by atoms with Crippen LogP contribution in [0.25, 0.3) is 0 Å². The van der Waals surface area contributed by atoms with Gasteiger partial charge >= 0.3 is 5.69 Å². The highest BCUT2D eigenvalue weighted by Gasteiger charge is 2.33. The van der Waals surface area contributed by atoms with Crippen LogP contribution in [0.4, 0.5) is 0 Å². The monoisotopic (exact) mass is 522 g/mol. The highest BCUT2D eigenvalue weighted by atomic mass is 35.5. The van der Waals surface area contributed by atoms with Crippen molar-refractivity contribution >= 4 is 27.5 Å². The van der Waals surface area contributed by atoms with Gasteiger partial charge in [-0.1, -0.05) is 29.8 Å². The number of carbonyl (C=O) groups is 1. The fourth-order valence-electron chi connectivity index (χ4n) is 3.29. The standard InChI is InChI=1S/C22H23ClN4O7S/c1-25-19(23)14-20(28)27(22(25)30)13-12-18(21(29)24-31)26(2)35(32,33)17-10-8-16(9-11-17)34-15-6-4-3-5-7-15/h3-11,14,18,31H,12-13H2,1-2H3,(H,24,29). The van der Waals surface area contributed by atoms with Crippen LogP contribution in [0.3, 0.4) is 0 Å². The van der Waals surface area contributed by atoms with Gasteiger partial charge in [-0.2, -0.15) is 4.31 Å². The maximum Gasteiger partial charge on any atom is 0.331 e. The van der Waals surface area contributed by atoms with Crippen LogP contribution in [0, 0.1) is 0 Å². The molecule has 0 aliphatic carbocycles. The van der Waals surface area contributed by atoms with E-state index in [1.807, 2.05) is 6.07 Å². The molecule has 2 N–H and O–H groups in total. The van der Waals surface area contributed by atoms with Gasteiger partial charge in [0.05, 0.1) is 4.90 Å². The number of hydrogen-bond donors (Lipinski definition) is 2. The summed E-state index contributed by atoms with van der Waals surface area (Å²) < 4.78 is 34.6. The first-order valence-electron chi connectivity index (χ1n) is 10.3. The third kappa shape index (κ3) is 5.80. The zero-order valence-electron chi connectivity index (χ0n) is 18.8. The molecule has 3 aromatic rings. The minimum absolute atomic E-state index is 0.0692. The maximum atomic E-state index is 13.2. The number of hydroxylamine groups is 1. The van der Waals surface area contributed by atoms with Gasteiger partial charge in [0.15, 0.2) is 0 Å². The van der Waals surface area contributed by atoms with E-state index in [1.165, 1.54) is 36.8 Å². The molecule has 0 saturated heterocycles. The number of ether oxygens (including phenoxy) is 1. The average Bonchev–Trinajstić information content (AvgIpc) is 2.85. The summed E-state index contributed by atoms with van der Waals surface area (Å²) in [5.41, 5.74) is -0.00387. The summed E-state index contributed by atoms with van der Waals surface area (Å²) >= 11 is 5.82. The van der Waals surface area contributed by atoms with Crippen LogP contribution in [-0.2, 0) is 28.4 Å². The summed E-state index contributed by atoms with van der Waals surface area (Å²) in [6, 6.07) is 14.1. The molecule has 1 amide bonds. The van der Waals surface area contributed by atoms with Crippen molar-refractivity contribution in [3.8, 4) is 11.5 Å². The highest BCUT2D eigenvalue weighted by Crippen LogP contribution is 2.25. The number of benzene rings is 2. The maximum absolute atomic E-state index is 13.2. The Labute approximate surface area is 205 Å². The van der Waals surface area contributed by atoms with Gasteiger partial charge in [0, 0.05) is 26.7 Å². The van der Waals surface area contributed by atoms with Crippen molar-refractivity contribution in [1.82, 2.24) is 18.9 Å². The number of nitrogens with one attached hydrogen (secondary N) is 1. The van der Waals surface area contributed by atoms with Crippen LogP contribution in [0.5, 0.6) is 11.5 Å². The Morgan fingerprint density at radius 3 is 2.31 bits per heavy atom. The van der Waals surface area contributed by atoms with Crippen molar-refractivity contribution in [2.45, 2.75) is 23.9 Å². The predicted octanol–water partition coefficient (Wildman–Crippen LogP) is 1.58. The Morgan fingerprint density at radius 1 is 1.11 bits per heavy atom. The molecular weight excluding hydrogens is 500 g/mol. The minimum atomic E-state index is -4.21. The van der Waals surface area contributed by atoms with E-state index in [2.05, 4.69) is 0 Å². The van der Waals surface area contributed by atoms with E-state index in [-0.39, 0.29) is 23.0 Å². The number of halogens is 1. The molecule has 1 unspecified atom stereocenters. The lowest BCUT2D eigenvalue weighted by Gasteiger charge is -2.26. The second kappa shape index (κ2) is 10.9. The van der Waals surface area contributed by atoms with Crippen molar-refractivity contribution < 1.29 is 23.2 Å². The Kier molecular flexibility index (Phi) is 8.12. The van der Waals surface area contributed by atoms with Crippen LogP contribution in [0.15, 0.2) is 75.1 Å². The Hall–Kier alpha value is -3.45. The number of para-hydroxylation sites is 1. The first-order chi connectivity index (χ1) is 16.6. The van der Waals surface area contributed by atoms with Crippen LogP contribution >= 0.6 is 11.6 Å². The summed E-state index contributed by atoms with van der Waals surface area (Å²) in [4.78, 5) is 36.7. The smallest absolute Gasteiger partial charge is 0.331 e. The van der Waals surface area contributed by atoms with Gasteiger partial charge in [-0.3, -0.25) is 23.9 Å². The molecule has 1 atom stereocenters. The third-order valence-electron chi connectivity index (χ3n) is 5.30. The zero-order chi connectivity index (χ0) is 25.8. The van der Waals surface area contributed by atoms with Gasteiger partial charge in [0.2, 0.25) is 10.0 Å². The number of likely N-dealkylation sites (N-methyl/N-ethyl adjacent to an activating group) is 1. The summed E-state index contributed by atoms with van der Waals surface area (Å²) in [6.45, 7) is -0.301. The molecule has 0 aliphatic rings. The molecule has 0 spiro atoms. The molecule has 35 heavy (non-hydrogen) atoms. The van der Waals surface area contributed by atoms with Gasteiger partial charge in [0.1, 0.15) is 22.7 Å². The summed E-state index contributed by atoms with van der Waals surface area (Å²) in [6.07, 6.45) is -0.284. The molecule has 2 aromatic carbocycles. The second-order valence-electron chi connectivity index (χ2n) is 7.49. The number of nitrogens with zero attached hydrogens (tertiary/aromatic N) is 3. The summed E-state index contributed by atoms with van der Waals surface area (Å²) in [5.74, 6) is -0.0529. The topological polar surface area (TPSA) is 140 Å². The molecule has 13 heteroatoms. The number of rotatable bonds is 9. The van der Waals surface area contributed by atoms with Crippen LogP contribution in [0.2, 0.25) is 5.15 Å². The number of carbonyl (C=O) groups excluding carboxylic acids is 1. The summed E-state index contributed by atoms with van der Waals surface area (Å²) in [5, 5.41) is 9.10. The van der Waals surface area contributed by atoms with E-state index in [0.717, 1.165) is 26.6 Å². The number of aromatic nitrogens is 2. The Bertz CT molecular complexity index is 1420. The van der Waals surface area contributed by atoms with E-state index < -0.39 is 33.2 Å². The SMILES string of the molecule is CN(C(CCn1c(=O)cc(Cl)n(C)c1=O)C(=O)NO)S(=O)(=O)c1ccc(Oc2ccccc2)cc1. The lowest BCUT2D eigenvalue weighted by Crippen LogP contribution is -2.48. The fourth-order valence-corrected chi connectivity index (χ4v) is 4.81. The van der Waals surface area contributed by atoms with Gasteiger partial charge < -0.3 is 4.74 Å². The quantitative estimate of drug-likeness (QED) is 0.247. The minimum Gasteiger partial charge on any atom is -0.457 e. The highest BCUT2D eigenvalue weighted by molar-refractivity contribution is 7.89. The molecular formula is C22H23ClN4O7S. The zero-order valence-corrected chi connectivity index (χ0v) is 20.4. The molecule has 0 radical (unpaired) electrons. The van der Waals surface area contributed by atoms with Crippen molar-refractivity contribution in [2.75, 3.05) is 7.05 Å². The van der Waals surface area contributed by atoms with Crippen molar-refractivity contribution in [3.63, 3.8) is 0 Å². The molecule has 0 saturated carbocycles. The van der Waals surface area contributed by atoms with Crippen molar-refractivity contribution in [1.29, 1.82) is 0 Å². The Balaban J connectivity index is 1.83. The van der Waals surface area contributed by atoms with Crippen molar-refractivity contribution in [3.05, 3.63) is 86.7 Å². The predicted molar refractivity (Wildman–Crippen MR) is 127 cm³/mol. The molecule has 0 bridgehead atoms. The second-order valence-corrected chi connectivity index (χ2v) is 9.87. The lowest BCUT2D eigenvalue weighted by molar-refractivity contribution is -0.133. The molecule has 3 rings (SSSR count). The van der Waals surface area contributed by atoms with Crippen LogP contribution in [0.1, 0.15) is 6.42 Å². The average molecular weight is 523 g/mol. The molecule has 1 aromatic heterocycles. The van der Waals surface area contributed by atoms with Crippen molar-refractivity contribution in [2.24, 2.45) is 7.05 Å². The number of amides is 1. The fraction of sp³-hybridized carbons (Fsp3) is 0.227. The van der Waals surface area contributed by atoms with E-state index in [4.69, 9.17) is 21.5 Å². The first kappa shape index (κ1) is 26.2. The first-order valence-corrected chi connectivity index (χ1v) is 12.1.